The number of fused-ring (bicyclic) bond motifs is 3. The highest BCUT2D eigenvalue weighted by atomic mass is 19.1. The number of rotatable bonds is 4. The van der Waals surface area contributed by atoms with Gasteiger partial charge in [-0.25, -0.2) is 9.18 Å². The van der Waals surface area contributed by atoms with Gasteiger partial charge in [0.05, 0.1) is 57.7 Å². The van der Waals surface area contributed by atoms with E-state index in [0.29, 0.717) is 30.0 Å². The van der Waals surface area contributed by atoms with Crippen LogP contribution in [0, 0.1) is 17.7 Å². The molecule has 9 N–H and O–H groups in total. The fraction of sp³-hybridized carbons (Fsp3) is 0.425. The number of phenols is 1. The maximum atomic E-state index is 15.0. The third-order valence-electron chi connectivity index (χ3n) is 12.2. The average Bonchev–Trinajstić information content (AvgIpc) is 3.15. The third kappa shape index (κ3) is 5.89. The Kier molecular flexibility index (Phi) is 9.91. The predicted octanol–water partition coefficient (Wildman–Crippen LogP) is 0.144. The van der Waals surface area contributed by atoms with Gasteiger partial charge in [0, 0.05) is 32.4 Å². The summed E-state index contributed by atoms with van der Waals surface area (Å²) >= 11 is 0. The number of ether oxygens (including phenoxy) is 1. The smallest absolute Gasteiger partial charge is 0.341 e. The van der Waals surface area contributed by atoms with Gasteiger partial charge in [0.15, 0.2) is 23.0 Å². The summed E-state index contributed by atoms with van der Waals surface area (Å²) in [6, 6.07) is 3.50. The average molecular weight is 822 g/mol. The summed E-state index contributed by atoms with van der Waals surface area (Å²) in [5, 5.41) is 75.7. The van der Waals surface area contributed by atoms with Gasteiger partial charge >= 0.3 is 5.97 Å². The number of pyridine rings is 1. The predicted molar refractivity (Wildman–Crippen MR) is 207 cm³/mol. The number of benzene rings is 2. The molecular weight excluding hydrogens is 777 g/mol. The van der Waals surface area contributed by atoms with E-state index in [1.54, 1.807) is 4.57 Å². The molecular formula is C40H44FN5O13. The fourth-order valence-corrected chi connectivity index (χ4v) is 9.29. The van der Waals surface area contributed by atoms with Crippen LogP contribution >= 0.6 is 0 Å². The highest BCUT2D eigenvalue weighted by Gasteiger charge is 2.70. The Labute approximate surface area is 335 Å². The minimum Gasteiger partial charge on any atom is -0.508 e. The van der Waals surface area contributed by atoms with E-state index >= 15 is 0 Å². The number of phenolic OH excluding ortho intramolecular Hbond substituents is 1. The Bertz CT molecular complexity index is 2490. The van der Waals surface area contributed by atoms with Crippen LogP contribution in [0.2, 0.25) is 0 Å². The maximum absolute atomic E-state index is 15.0. The molecule has 314 valence electrons. The van der Waals surface area contributed by atoms with Crippen molar-refractivity contribution in [1.82, 2.24) is 14.4 Å². The number of likely N-dealkylation sites (N-methyl/N-ethyl adjacent to an activating group) is 2. The van der Waals surface area contributed by atoms with Crippen molar-refractivity contribution in [3.05, 3.63) is 80.1 Å². The third-order valence-corrected chi connectivity index (χ3v) is 12.2. The van der Waals surface area contributed by atoms with E-state index in [4.69, 9.17) is 10.5 Å². The molecule has 0 bridgehead atoms. The first kappa shape index (κ1) is 41.3. The number of carbonyl (C=O) groups excluding carboxylic acids is 3. The summed E-state index contributed by atoms with van der Waals surface area (Å²) in [5.74, 6) is -11.2. The summed E-state index contributed by atoms with van der Waals surface area (Å²) in [4.78, 5) is 68.0. The van der Waals surface area contributed by atoms with E-state index in [-0.39, 0.29) is 34.7 Å². The van der Waals surface area contributed by atoms with Crippen LogP contribution in [-0.2, 0) is 20.0 Å². The van der Waals surface area contributed by atoms with Crippen molar-refractivity contribution in [2.75, 3.05) is 58.8 Å². The summed E-state index contributed by atoms with van der Waals surface area (Å²) in [6.45, 7) is 6.33. The zero-order valence-electron chi connectivity index (χ0n) is 32.6. The molecule has 0 unspecified atom stereocenters. The molecule has 1 saturated carbocycles. The van der Waals surface area contributed by atoms with E-state index in [0.717, 1.165) is 19.2 Å². The molecule has 2 aliphatic heterocycles. The van der Waals surface area contributed by atoms with Crippen LogP contribution in [-0.4, -0.2) is 145 Å². The van der Waals surface area contributed by atoms with Gasteiger partial charge in [-0.1, -0.05) is 12.1 Å². The number of carboxylic acids is 1. The van der Waals surface area contributed by atoms with Crippen LogP contribution in [0.3, 0.4) is 0 Å². The highest BCUT2D eigenvalue weighted by molar-refractivity contribution is 6.24. The van der Waals surface area contributed by atoms with Crippen molar-refractivity contribution >= 4 is 45.8 Å². The number of aliphatic hydroxyl groups excluding tert-OH is 3. The molecule has 18 nitrogen and oxygen atoms in total. The number of primary amides is 1. The fourth-order valence-electron chi connectivity index (χ4n) is 9.29. The standard InChI is InChI=1S/C22H24N2O9.C18H20FN3O4/c1-21(32)7-5-4-6-8(25)9(7)15(26)10-12(21)17(28)13-14(24(2)3)16(27)11(20(23)31)19(30)22(13,33)18(10)29;1-10-9-26-17-14-11(16(23)12(18(24)25)8-22(10)14)7-13(19)15(17)21-5-3-20(2)4-6-21/h4-6,12-14,17,25-26,28,30,32-33H,1-3H3,(H2,23,31);7-8,10H,3-6,9H2,1-2H3,(H,24,25)/t12-,13-,14+,17+,21-,22+;10-/m10/s1. The van der Waals surface area contributed by atoms with E-state index in [1.807, 2.05) is 18.9 Å². The Morgan fingerprint density at radius 2 is 1.69 bits per heavy atom. The van der Waals surface area contributed by atoms with Crippen LogP contribution in [0.15, 0.2) is 52.2 Å². The van der Waals surface area contributed by atoms with Crippen LogP contribution in [0.5, 0.6) is 11.5 Å². The van der Waals surface area contributed by atoms with Gasteiger partial charge < -0.3 is 60.6 Å². The molecule has 8 rings (SSSR count). The quantitative estimate of drug-likeness (QED) is 0.163. The van der Waals surface area contributed by atoms with Crippen LogP contribution in [0.25, 0.3) is 16.7 Å². The van der Waals surface area contributed by atoms with Crippen LogP contribution in [0.1, 0.15) is 41.4 Å². The molecule has 7 atom stereocenters. The minimum atomic E-state index is -3.02. The number of piperazine rings is 1. The molecule has 59 heavy (non-hydrogen) atoms. The lowest BCUT2D eigenvalue weighted by atomic mass is 9.53. The number of aromatic nitrogens is 1. The van der Waals surface area contributed by atoms with Crippen molar-refractivity contribution < 1.29 is 64.1 Å². The summed E-state index contributed by atoms with van der Waals surface area (Å²) in [5.41, 5.74) is -2.00. The van der Waals surface area contributed by atoms with Gasteiger partial charge in [0.1, 0.15) is 40.7 Å². The Hall–Kier alpha value is -5.86. The molecule has 1 aromatic heterocycles. The number of carboxylic acid groups (broad SMARTS) is 1. The molecule has 0 spiro atoms. The number of hydrogen-bond acceptors (Lipinski definition) is 15. The molecule has 2 aromatic carbocycles. The summed E-state index contributed by atoms with van der Waals surface area (Å²) in [6.07, 6.45) is -0.529. The van der Waals surface area contributed by atoms with Gasteiger partial charge in [-0.05, 0) is 52.7 Å². The second-order valence-electron chi connectivity index (χ2n) is 16.0. The lowest BCUT2D eigenvalue weighted by molar-refractivity contribution is -0.181. The molecule has 0 radical (unpaired) electrons. The number of nitrogens with zero attached hydrogens (tertiary/aromatic N) is 4. The number of nitrogens with two attached hydrogens (primary N) is 1. The Morgan fingerprint density at radius 3 is 2.29 bits per heavy atom. The molecule has 1 saturated heterocycles. The Morgan fingerprint density at radius 1 is 1.05 bits per heavy atom. The second kappa shape index (κ2) is 14.2. The normalized spacial score (nSPS) is 29.1. The van der Waals surface area contributed by atoms with Gasteiger partial charge in [0.2, 0.25) is 11.2 Å². The number of hydrogen-bond donors (Lipinski definition) is 8. The maximum Gasteiger partial charge on any atom is 0.341 e. The number of ketones is 2. The SMILES string of the molecule is CN(C)[C@@H]1C(=O)C(C(N)=O)=C(O)[C@@]2(O)C(=O)C3=C(O)c4c(O)cccc4[C@@](C)(O)[C@H]3[C@H](O)[C@@H]12.C[C@H]1COc2c(N3CCN(C)CC3)c(F)cc3c(=O)c(C(=O)O)cn1c23. The van der Waals surface area contributed by atoms with Gasteiger partial charge in [-0.2, -0.15) is 0 Å². The van der Waals surface area contributed by atoms with Crippen LogP contribution in [0.4, 0.5) is 10.1 Å². The molecule has 5 aliphatic rings. The number of aromatic hydroxyl groups is 1. The van der Waals surface area contributed by atoms with E-state index < -0.39 is 98.3 Å². The van der Waals surface area contributed by atoms with E-state index in [9.17, 15) is 64.1 Å². The minimum absolute atomic E-state index is 0.00664. The number of amides is 1. The van der Waals surface area contributed by atoms with Crippen molar-refractivity contribution in [3.8, 4) is 11.5 Å². The monoisotopic (exact) mass is 821 g/mol. The number of Topliss-reactive ketones (excluding diaryl/α,β-unsaturated/α-hetero) is 2. The lowest BCUT2D eigenvalue weighted by Crippen LogP contribution is -2.71. The van der Waals surface area contributed by atoms with Crippen molar-refractivity contribution in [3.63, 3.8) is 0 Å². The van der Waals surface area contributed by atoms with E-state index in [2.05, 4.69) is 4.90 Å². The van der Waals surface area contributed by atoms with Gasteiger partial charge in [-0.3, -0.25) is 24.1 Å². The highest BCUT2D eigenvalue weighted by Crippen LogP contribution is 2.57. The Balaban J connectivity index is 0.000000184. The summed E-state index contributed by atoms with van der Waals surface area (Å²) in [7, 11) is 4.81. The molecule has 3 aliphatic carbocycles. The molecule has 3 aromatic rings. The van der Waals surface area contributed by atoms with Crippen LogP contribution < -0.4 is 20.8 Å². The topological polar surface area (TPSA) is 277 Å². The van der Waals surface area contributed by atoms with Crippen molar-refractivity contribution in [2.24, 2.45) is 17.6 Å². The molecule has 1 amide bonds. The lowest BCUT2D eigenvalue weighted by Gasteiger charge is -2.55. The number of carbonyl (C=O) groups is 4. The molecule has 3 heterocycles. The number of aliphatic hydroxyl groups is 5. The zero-order chi connectivity index (χ0) is 43.4. The number of aromatic carboxylic acids is 1. The molecule has 19 heteroatoms. The first-order valence-corrected chi connectivity index (χ1v) is 18.7. The first-order chi connectivity index (χ1) is 27.6. The van der Waals surface area contributed by atoms with Crippen molar-refractivity contribution in [1.29, 1.82) is 0 Å². The largest absolute Gasteiger partial charge is 0.508 e. The van der Waals surface area contributed by atoms with Gasteiger partial charge in [0.25, 0.3) is 5.91 Å². The molecule has 2 fully saturated rings. The first-order valence-electron chi connectivity index (χ1n) is 18.7. The van der Waals surface area contributed by atoms with Crippen molar-refractivity contribution in [2.45, 2.75) is 43.2 Å². The van der Waals surface area contributed by atoms with E-state index in [1.165, 1.54) is 50.3 Å². The zero-order valence-corrected chi connectivity index (χ0v) is 32.6. The number of anilines is 1. The second-order valence-corrected chi connectivity index (χ2v) is 16.0. The summed E-state index contributed by atoms with van der Waals surface area (Å²) < 4.78 is 22.6. The number of halogens is 1. The van der Waals surface area contributed by atoms with Gasteiger partial charge in [-0.15, -0.1) is 0 Å².